The summed E-state index contributed by atoms with van der Waals surface area (Å²) >= 11 is 0. The van der Waals surface area contributed by atoms with Gasteiger partial charge in [-0.25, -0.2) is 9.48 Å². The molecule has 0 aliphatic rings. The lowest BCUT2D eigenvalue weighted by molar-refractivity contribution is -0.137. The van der Waals surface area contributed by atoms with Gasteiger partial charge in [0.1, 0.15) is 6.29 Å². The number of carbonyl (C=O) groups excluding carboxylic acids is 1. The van der Waals surface area contributed by atoms with Gasteiger partial charge in [0, 0.05) is 12.5 Å². The predicted molar refractivity (Wildman–Crippen MR) is 127 cm³/mol. The molecule has 4 aromatic rings. The second kappa shape index (κ2) is 9.70. The number of carbonyl (C=O) groups is 1. The van der Waals surface area contributed by atoms with E-state index < -0.39 is 23.3 Å². The smallest absolute Gasteiger partial charge is 0.303 e. The summed E-state index contributed by atoms with van der Waals surface area (Å²) in [6, 6.07) is 15.0. The maximum absolute atomic E-state index is 13.6. The minimum atomic E-state index is -4.57. The van der Waals surface area contributed by atoms with Crippen LogP contribution in [0, 0.1) is 24.2 Å². The molecular weight excluding hydrogens is 471 g/mol. The molecule has 1 atom stereocenters. The van der Waals surface area contributed by atoms with Gasteiger partial charge in [-0.05, 0) is 61.9 Å². The number of hydrogen-bond donors (Lipinski definition) is 0. The Kier molecular flexibility index (Phi) is 6.66. The van der Waals surface area contributed by atoms with Crippen LogP contribution in [0.4, 0.5) is 13.2 Å². The summed E-state index contributed by atoms with van der Waals surface area (Å²) < 4.78 is 44.4. The van der Waals surface area contributed by atoms with Crippen LogP contribution in [0.2, 0.25) is 0 Å². The number of aldehydes is 1. The summed E-state index contributed by atoms with van der Waals surface area (Å²) in [7, 11) is 0. The summed E-state index contributed by atoms with van der Waals surface area (Å²) in [6.45, 7) is 3.52. The molecule has 36 heavy (non-hydrogen) atoms. The minimum Gasteiger partial charge on any atom is -0.303 e. The molecule has 2 heterocycles. The van der Waals surface area contributed by atoms with Gasteiger partial charge in [-0.2, -0.15) is 23.5 Å². The molecule has 10 heteroatoms. The van der Waals surface area contributed by atoms with Gasteiger partial charge < -0.3 is 4.79 Å². The number of rotatable bonds is 7. The number of nitrogens with zero attached hydrogens (tertiary/aromatic N) is 5. The van der Waals surface area contributed by atoms with Gasteiger partial charge >= 0.3 is 11.9 Å². The SMILES string of the molecule is CCC(C=O)Cn1c(-c2ccnn2-c2ccc(C#N)cc2)c(C)n(-c2cccc(C(F)(F)F)c2)c1=O. The molecule has 0 aliphatic heterocycles. The van der Waals surface area contributed by atoms with Crippen LogP contribution < -0.4 is 5.69 Å². The largest absolute Gasteiger partial charge is 0.416 e. The van der Waals surface area contributed by atoms with Crippen molar-refractivity contribution >= 4 is 6.29 Å². The van der Waals surface area contributed by atoms with Crippen LogP contribution in [-0.4, -0.2) is 25.2 Å². The highest BCUT2D eigenvalue weighted by Crippen LogP contribution is 2.32. The molecule has 0 aliphatic carbocycles. The van der Waals surface area contributed by atoms with Crippen LogP contribution in [0.25, 0.3) is 22.8 Å². The predicted octanol–water partition coefficient (Wildman–Crippen LogP) is 4.92. The fourth-order valence-corrected chi connectivity index (χ4v) is 4.15. The zero-order chi connectivity index (χ0) is 26.0. The van der Waals surface area contributed by atoms with E-state index in [4.69, 9.17) is 5.26 Å². The van der Waals surface area contributed by atoms with Crippen LogP contribution in [-0.2, 0) is 17.5 Å². The standard InChI is InChI=1S/C26H22F3N5O2/c1-3-18(16-35)15-32-24(23-11-12-31-34(23)21-9-7-19(14-30)8-10-21)17(2)33(25(32)36)22-6-4-5-20(13-22)26(27,28)29/h4-13,16,18H,3,15H2,1-2H3. The van der Waals surface area contributed by atoms with E-state index in [1.54, 1.807) is 48.1 Å². The quantitative estimate of drug-likeness (QED) is 0.342. The number of benzene rings is 2. The van der Waals surface area contributed by atoms with E-state index in [2.05, 4.69) is 11.2 Å². The normalized spacial score (nSPS) is 12.3. The fraction of sp³-hybridized carbons (Fsp3) is 0.231. The number of alkyl halides is 3. The molecule has 2 aromatic carbocycles. The molecule has 0 fully saturated rings. The molecule has 0 N–H and O–H groups in total. The lowest BCUT2D eigenvalue weighted by Crippen LogP contribution is -2.27. The third-order valence-corrected chi connectivity index (χ3v) is 6.06. The zero-order valence-electron chi connectivity index (χ0n) is 19.5. The van der Waals surface area contributed by atoms with Crippen molar-refractivity contribution in [3.8, 4) is 28.8 Å². The molecular formula is C26H22F3N5O2. The summed E-state index contributed by atoms with van der Waals surface area (Å²) in [5.41, 5.74) is 1.07. The first-order valence-corrected chi connectivity index (χ1v) is 11.2. The molecule has 1 unspecified atom stereocenters. The Morgan fingerprint density at radius 3 is 2.44 bits per heavy atom. The Morgan fingerprint density at radius 2 is 1.83 bits per heavy atom. The van der Waals surface area contributed by atoms with E-state index in [-0.39, 0.29) is 12.2 Å². The maximum atomic E-state index is 13.6. The Labute approximate surface area is 204 Å². The van der Waals surface area contributed by atoms with Crippen molar-refractivity contribution in [3.05, 3.63) is 88.1 Å². The Hall–Kier alpha value is -4.39. The first-order valence-electron chi connectivity index (χ1n) is 11.2. The molecule has 0 bridgehead atoms. The van der Waals surface area contributed by atoms with Gasteiger partial charge in [0.05, 0.1) is 51.8 Å². The number of halogens is 3. The first kappa shape index (κ1) is 24.7. The van der Waals surface area contributed by atoms with Crippen molar-refractivity contribution in [1.29, 1.82) is 5.26 Å². The third-order valence-electron chi connectivity index (χ3n) is 6.06. The van der Waals surface area contributed by atoms with Crippen LogP contribution >= 0.6 is 0 Å². The van der Waals surface area contributed by atoms with Gasteiger partial charge in [0.25, 0.3) is 0 Å². The summed E-state index contributed by atoms with van der Waals surface area (Å²) in [6.07, 6.45) is -1.78. The van der Waals surface area contributed by atoms with E-state index in [1.165, 1.54) is 21.3 Å². The average Bonchev–Trinajstić information content (AvgIpc) is 3.44. The Balaban J connectivity index is 1.96. The second-order valence-corrected chi connectivity index (χ2v) is 8.30. The summed E-state index contributed by atoms with van der Waals surface area (Å²) in [4.78, 5) is 25.3. The van der Waals surface area contributed by atoms with Crippen molar-refractivity contribution < 1.29 is 18.0 Å². The van der Waals surface area contributed by atoms with Gasteiger partial charge in [-0.1, -0.05) is 13.0 Å². The molecule has 0 saturated heterocycles. The van der Waals surface area contributed by atoms with Crippen molar-refractivity contribution in [3.63, 3.8) is 0 Å². The summed E-state index contributed by atoms with van der Waals surface area (Å²) in [5.74, 6) is -0.468. The Morgan fingerprint density at radius 1 is 1.11 bits per heavy atom. The van der Waals surface area contributed by atoms with Crippen LogP contribution in [0.5, 0.6) is 0 Å². The van der Waals surface area contributed by atoms with Gasteiger partial charge in [0.15, 0.2) is 0 Å². The lowest BCUT2D eigenvalue weighted by Gasteiger charge is -2.13. The molecule has 4 rings (SSSR count). The number of hydrogen-bond acceptors (Lipinski definition) is 4. The van der Waals surface area contributed by atoms with Crippen molar-refractivity contribution in [1.82, 2.24) is 18.9 Å². The van der Waals surface area contributed by atoms with E-state index in [0.29, 0.717) is 34.8 Å². The number of nitriles is 1. The van der Waals surface area contributed by atoms with Crippen molar-refractivity contribution in [2.45, 2.75) is 33.0 Å². The van der Waals surface area contributed by atoms with E-state index in [1.807, 2.05) is 6.92 Å². The molecule has 0 amide bonds. The van der Waals surface area contributed by atoms with E-state index in [9.17, 15) is 22.8 Å². The monoisotopic (exact) mass is 493 g/mol. The van der Waals surface area contributed by atoms with Crippen LogP contribution in [0.3, 0.4) is 0 Å². The summed E-state index contributed by atoms with van der Waals surface area (Å²) in [5, 5.41) is 13.5. The molecule has 0 spiro atoms. The minimum absolute atomic E-state index is 0.0551. The van der Waals surface area contributed by atoms with Gasteiger partial charge in [0.2, 0.25) is 0 Å². The Bertz CT molecular complexity index is 1500. The third kappa shape index (κ3) is 4.47. The number of aromatic nitrogens is 4. The second-order valence-electron chi connectivity index (χ2n) is 8.30. The lowest BCUT2D eigenvalue weighted by atomic mass is 10.1. The average molecular weight is 493 g/mol. The van der Waals surface area contributed by atoms with Crippen molar-refractivity contribution in [2.75, 3.05) is 0 Å². The molecule has 0 radical (unpaired) electrons. The number of imidazole rings is 1. The van der Waals surface area contributed by atoms with E-state index in [0.717, 1.165) is 18.4 Å². The van der Waals surface area contributed by atoms with Gasteiger partial charge in [-0.15, -0.1) is 0 Å². The maximum Gasteiger partial charge on any atom is 0.416 e. The molecule has 184 valence electrons. The molecule has 2 aromatic heterocycles. The first-order chi connectivity index (χ1) is 17.2. The molecule has 0 saturated carbocycles. The van der Waals surface area contributed by atoms with Gasteiger partial charge in [-0.3, -0.25) is 9.13 Å². The topological polar surface area (TPSA) is 85.6 Å². The van der Waals surface area contributed by atoms with Crippen molar-refractivity contribution in [2.24, 2.45) is 5.92 Å². The highest BCUT2D eigenvalue weighted by atomic mass is 19.4. The fourth-order valence-electron chi connectivity index (χ4n) is 4.15. The van der Waals surface area contributed by atoms with E-state index >= 15 is 0 Å². The van der Waals surface area contributed by atoms with Crippen LogP contribution in [0.15, 0.2) is 65.6 Å². The highest BCUT2D eigenvalue weighted by molar-refractivity contribution is 5.63. The highest BCUT2D eigenvalue weighted by Gasteiger charge is 2.31. The van der Waals surface area contributed by atoms with Crippen LogP contribution in [0.1, 0.15) is 30.2 Å². The molecule has 7 nitrogen and oxygen atoms in total. The zero-order valence-corrected chi connectivity index (χ0v) is 19.5.